The van der Waals surface area contributed by atoms with Gasteiger partial charge in [0.15, 0.2) is 5.13 Å². The summed E-state index contributed by atoms with van der Waals surface area (Å²) in [6.45, 7) is 8.29. The molecule has 0 saturated heterocycles. The highest BCUT2D eigenvalue weighted by Crippen LogP contribution is 2.14. The van der Waals surface area contributed by atoms with Crippen LogP contribution in [-0.4, -0.2) is 33.3 Å². The van der Waals surface area contributed by atoms with E-state index in [0.717, 1.165) is 11.3 Å². The third kappa shape index (κ3) is 4.37. The van der Waals surface area contributed by atoms with Gasteiger partial charge in [0.25, 0.3) is 0 Å². The van der Waals surface area contributed by atoms with Gasteiger partial charge in [0.1, 0.15) is 0 Å². The lowest BCUT2D eigenvalue weighted by atomic mass is 10.2. The van der Waals surface area contributed by atoms with Gasteiger partial charge in [-0.2, -0.15) is 5.10 Å². The summed E-state index contributed by atoms with van der Waals surface area (Å²) in [6, 6.07) is 0.307. The van der Waals surface area contributed by atoms with Gasteiger partial charge in [-0.15, -0.1) is 11.3 Å². The third-order valence-electron chi connectivity index (χ3n) is 3.32. The van der Waals surface area contributed by atoms with Crippen LogP contribution in [-0.2, 0) is 4.79 Å². The van der Waals surface area contributed by atoms with E-state index < -0.39 is 0 Å². The minimum Gasteiger partial charge on any atom is -0.304 e. The van der Waals surface area contributed by atoms with E-state index in [1.165, 1.54) is 11.3 Å². The molecule has 1 amide bonds. The first-order valence-corrected chi connectivity index (χ1v) is 7.80. The highest BCUT2D eigenvalue weighted by molar-refractivity contribution is 7.13. The van der Waals surface area contributed by atoms with Crippen molar-refractivity contribution >= 4 is 22.4 Å². The number of hydrogen-bond donors (Lipinski definition) is 2. The molecule has 2 aromatic rings. The molecule has 0 aromatic carbocycles. The van der Waals surface area contributed by atoms with Gasteiger partial charge in [0.2, 0.25) is 5.91 Å². The van der Waals surface area contributed by atoms with Crippen LogP contribution in [0.3, 0.4) is 0 Å². The topological polar surface area (TPSA) is 71.8 Å². The lowest BCUT2D eigenvalue weighted by molar-refractivity contribution is -0.115. The normalized spacial score (nSPS) is 13.9. The molecule has 0 bridgehead atoms. The predicted molar refractivity (Wildman–Crippen MR) is 84.6 cm³/mol. The van der Waals surface area contributed by atoms with Crippen LogP contribution < -0.4 is 10.6 Å². The summed E-state index contributed by atoms with van der Waals surface area (Å²) in [6.07, 6.45) is 3.84. The molecular weight excluding hydrogens is 286 g/mol. The van der Waals surface area contributed by atoms with Crippen LogP contribution in [0.25, 0.3) is 0 Å². The van der Waals surface area contributed by atoms with E-state index in [-0.39, 0.29) is 24.5 Å². The molecule has 0 fully saturated rings. The fraction of sp³-hybridized carbons (Fsp3) is 0.500. The molecule has 2 atom stereocenters. The van der Waals surface area contributed by atoms with Crippen molar-refractivity contribution < 1.29 is 4.79 Å². The highest BCUT2D eigenvalue weighted by Gasteiger charge is 2.15. The zero-order valence-electron chi connectivity index (χ0n) is 12.8. The molecule has 0 aliphatic heterocycles. The van der Waals surface area contributed by atoms with E-state index >= 15 is 0 Å². The smallest absolute Gasteiger partial charge is 0.240 e. The first-order valence-electron chi connectivity index (χ1n) is 6.92. The Labute approximate surface area is 128 Å². The molecule has 21 heavy (non-hydrogen) atoms. The molecule has 0 aliphatic rings. The van der Waals surface area contributed by atoms with Gasteiger partial charge in [0.05, 0.1) is 24.5 Å². The van der Waals surface area contributed by atoms with Crippen LogP contribution in [0.1, 0.15) is 31.1 Å². The molecule has 0 radical (unpaired) electrons. The Hall–Kier alpha value is -1.73. The van der Waals surface area contributed by atoms with E-state index in [1.807, 2.05) is 43.2 Å². The average Bonchev–Trinajstić information content (AvgIpc) is 3.04. The summed E-state index contributed by atoms with van der Waals surface area (Å²) in [5, 5.41) is 12.9. The first kappa shape index (κ1) is 15.7. The van der Waals surface area contributed by atoms with E-state index in [2.05, 4.69) is 27.6 Å². The summed E-state index contributed by atoms with van der Waals surface area (Å²) >= 11 is 1.43. The summed E-state index contributed by atoms with van der Waals surface area (Å²) in [7, 11) is 0. The van der Waals surface area contributed by atoms with Gasteiger partial charge in [0, 0.05) is 17.6 Å². The number of anilines is 1. The van der Waals surface area contributed by atoms with Gasteiger partial charge in [-0.05, 0) is 33.3 Å². The minimum absolute atomic E-state index is 0.0833. The molecule has 6 nitrogen and oxygen atoms in total. The Bertz CT molecular complexity index is 606. The number of thiazole rings is 1. The van der Waals surface area contributed by atoms with Crippen LogP contribution in [0.5, 0.6) is 0 Å². The second kappa shape index (κ2) is 6.82. The number of carbonyl (C=O) groups excluding carboxylic acids is 1. The van der Waals surface area contributed by atoms with Crippen molar-refractivity contribution in [3.63, 3.8) is 0 Å². The predicted octanol–water partition coefficient (Wildman–Crippen LogP) is 2.13. The lowest BCUT2D eigenvalue weighted by Gasteiger charge is -2.21. The molecule has 0 saturated carbocycles. The maximum Gasteiger partial charge on any atom is 0.240 e. The van der Waals surface area contributed by atoms with E-state index in [0.29, 0.717) is 5.13 Å². The maximum absolute atomic E-state index is 11.9. The monoisotopic (exact) mass is 307 g/mol. The van der Waals surface area contributed by atoms with Crippen LogP contribution in [0.15, 0.2) is 17.8 Å². The summed E-state index contributed by atoms with van der Waals surface area (Å²) < 4.78 is 1.91. The molecule has 2 heterocycles. The summed E-state index contributed by atoms with van der Waals surface area (Å²) in [4.78, 5) is 16.1. The molecule has 7 heteroatoms. The number of aromatic nitrogens is 3. The number of hydrogen-bond acceptors (Lipinski definition) is 5. The van der Waals surface area contributed by atoms with Crippen LogP contribution in [0.4, 0.5) is 5.13 Å². The first-order chi connectivity index (χ1) is 9.95. The number of nitrogens with zero attached hydrogens (tertiary/aromatic N) is 3. The van der Waals surface area contributed by atoms with Crippen molar-refractivity contribution in [2.24, 2.45) is 0 Å². The zero-order valence-corrected chi connectivity index (χ0v) is 13.6. The van der Waals surface area contributed by atoms with Gasteiger partial charge in [-0.3, -0.25) is 9.48 Å². The molecule has 0 spiro atoms. The number of amides is 1. The SMILES string of the molecule is Cc1cnn([C@@H](C)[C@@H](C)NCC(=O)Nc2nc(C)cs2)c1. The molecule has 0 aliphatic carbocycles. The van der Waals surface area contributed by atoms with E-state index in [1.54, 1.807) is 0 Å². The molecule has 0 unspecified atom stereocenters. The molecule has 2 aromatic heterocycles. The molecular formula is C14H21N5OS. The second-order valence-corrected chi connectivity index (χ2v) is 6.11. The largest absolute Gasteiger partial charge is 0.304 e. The van der Waals surface area contributed by atoms with Crippen molar-refractivity contribution in [1.29, 1.82) is 0 Å². The fourth-order valence-corrected chi connectivity index (χ4v) is 2.59. The zero-order chi connectivity index (χ0) is 15.4. The fourth-order valence-electron chi connectivity index (χ4n) is 1.88. The highest BCUT2D eigenvalue weighted by atomic mass is 32.1. The molecule has 2 N–H and O–H groups in total. The Morgan fingerprint density at radius 2 is 2.19 bits per heavy atom. The van der Waals surface area contributed by atoms with Crippen molar-refractivity contribution in [2.75, 3.05) is 11.9 Å². The van der Waals surface area contributed by atoms with Crippen LogP contribution in [0, 0.1) is 13.8 Å². The summed E-state index contributed by atoms with van der Waals surface area (Å²) in [5.74, 6) is -0.0833. The Morgan fingerprint density at radius 1 is 1.43 bits per heavy atom. The standard InChI is InChI=1S/C14H21N5OS/c1-9-5-16-19(7-9)12(4)11(3)15-6-13(20)18-14-17-10(2)8-21-14/h5,7-8,11-12,15H,6H2,1-4H3,(H,17,18,20)/t11-,12+/m1/s1. The van der Waals surface area contributed by atoms with Gasteiger partial charge in [-0.1, -0.05) is 0 Å². The van der Waals surface area contributed by atoms with Crippen molar-refractivity contribution in [2.45, 2.75) is 39.8 Å². The Balaban J connectivity index is 1.80. The van der Waals surface area contributed by atoms with E-state index in [9.17, 15) is 4.79 Å². The maximum atomic E-state index is 11.9. The minimum atomic E-state index is -0.0833. The van der Waals surface area contributed by atoms with Crippen LogP contribution >= 0.6 is 11.3 Å². The average molecular weight is 307 g/mol. The van der Waals surface area contributed by atoms with Gasteiger partial charge < -0.3 is 10.6 Å². The Morgan fingerprint density at radius 3 is 2.76 bits per heavy atom. The van der Waals surface area contributed by atoms with Crippen molar-refractivity contribution in [1.82, 2.24) is 20.1 Å². The number of aryl methyl sites for hydroxylation is 2. The van der Waals surface area contributed by atoms with Gasteiger partial charge in [-0.25, -0.2) is 4.98 Å². The number of rotatable bonds is 6. The lowest BCUT2D eigenvalue weighted by Crippen LogP contribution is -2.39. The Kier molecular flexibility index (Phi) is 5.08. The van der Waals surface area contributed by atoms with Crippen molar-refractivity contribution in [3.8, 4) is 0 Å². The third-order valence-corrected chi connectivity index (χ3v) is 4.20. The number of nitrogens with one attached hydrogen (secondary N) is 2. The van der Waals surface area contributed by atoms with Crippen LogP contribution in [0.2, 0.25) is 0 Å². The second-order valence-electron chi connectivity index (χ2n) is 5.25. The summed E-state index contributed by atoms with van der Waals surface area (Å²) in [5.41, 5.74) is 2.05. The quantitative estimate of drug-likeness (QED) is 0.857. The molecule has 114 valence electrons. The van der Waals surface area contributed by atoms with Crippen molar-refractivity contribution in [3.05, 3.63) is 29.0 Å². The van der Waals surface area contributed by atoms with Gasteiger partial charge >= 0.3 is 0 Å². The number of carbonyl (C=O) groups is 1. The molecule has 2 rings (SSSR count). The van der Waals surface area contributed by atoms with E-state index in [4.69, 9.17) is 0 Å².